The maximum atomic E-state index is 13.2. The number of halogens is 2. The van der Waals surface area contributed by atoms with Crippen molar-refractivity contribution in [2.24, 2.45) is 0 Å². The predicted octanol–water partition coefficient (Wildman–Crippen LogP) is 4.03. The minimum atomic E-state index is -0.844. The maximum absolute atomic E-state index is 13.2. The van der Waals surface area contributed by atoms with Crippen LogP contribution in [0, 0.1) is 16.4 Å². The number of imidazole rings is 1. The van der Waals surface area contributed by atoms with Crippen molar-refractivity contribution in [1.82, 2.24) is 9.55 Å². The topological polar surface area (TPSA) is 20.7 Å². The number of aromatic nitrogens is 2. The molecule has 0 fully saturated rings. The highest BCUT2D eigenvalue weighted by molar-refractivity contribution is 7.71. The molecule has 0 radical (unpaired) electrons. The molecule has 0 saturated heterocycles. The van der Waals surface area contributed by atoms with Gasteiger partial charge in [0, 0.05) is 0 Å². The Balaban J connectivity index is 2.08. The summed E-state index contributed by atoms with van der Waals surface area (Å²) >= 11 is 5.25. The molecule has 0 aliphatic carbocycles. The summed E-state index contributed by atoms with van der Waals surface area (Å²) < 4.78 is 28.5. The summed E-state index contributed by atoms with van der Waals surface area (Å²) in [5, 5.41) is 0. The summed E-state index contributed by atoms with van der Waals surface area (Å²) in [7, 11) is 0. The van der Waals surface area contributed by atoms with E-state index in [0.717, 1.165) is 17.1 Å². The second-order valence-corrected chi connectivity index (χ2v) is 4.67. The molecule has 0 bridgehead atoms. The lowest BCUT2D eigenvalue weighted by Crippen LogP contribution is -2.00. The fourth-order valence-electron chi connectivity index (χ4n) is 2.08. The smallest absolute Gasteiger partial charge is 0.178 e. The Labute approximate surface area is 113 Å². The first kappa shape index (κ1) is 12.0. The monoisotopic (exact) mass is 276 g/mol. The van der Waals surface area contributed by atoms with Crippen LogP contribution in [0.3, 0.4) is 0 Å². The van der Waals surface area contributed by atoms with Crippen molar-refractivity contribution in [3.05, 3.63) is 64.4 Å². The second kappa shape index (κ2) is 4.59. The normalized spacial score (nSPS) is 11.1. The van der Waals surface area contributed by atoms with Gasteiger partial charge < -0.3 is 9.55 Å². The third kappa shape index (κ3) is 2.17. The van der Waals surface area contributed by atoms with E-state index in [-0.39, 0.29) is 0 Å². The molecule has 5 heteroatoms. The van der Waals surface area contributed by atoms with Crippen molar-refractivity contribution in [3.63, 3.8) is 0 Å². The van der Waals surface area contributed by atoms with Crippen LogP contribution in [0.25, 0.3) is 11.0 Å². The molecule has 1 N–H and O–H groups in total. The Morgan fingerprint density at radius 2 is 1.84 bits per heavy atom. The van der Waals surface area contributed by atoms with Gasteiger partial charge in [0.15, 0.2) is 16.4 Å². The number of nitrogens with one attached hydrogen (secondary N) is 1. The highest BCUT2D eigenvalue weighted by Crippen LogP contribution is 2.16. The Kier molecular flexibility index (Phi) is 2.91. The van der Waals surface area contributed by atoms with Crippen LogP contribution in [0.5, 0.6) is 0 Å². The summed E-state index contributed by atoms with van der Waals surface area (Å²) in [5.41, 5.74) is 2.53. The number of nitrogens with zero attached hydrogens (tertiary/aromatic N) is 1. The van der Waals surface area contributed by atoms with Gasteiger partial charge in [-0.3, -0.25) is 0 Å². The quantitative estimate of drug-likeness (QED) is 0.701. The van der Waals surface area contributed by atoms with Crippen molar-refractivity contribution in [3.8, 4) is 0 Å². The number of aromatic amines is 1. The summed E-state index contributed by atoms with van der Waals surface area (Å²) in [6.07, 6.45) is 0. The average Bonchev–Trinajstić information content (AvgIpc) is 2.71. The third-order valence-electron chi connectivity index (χ3n) is 3.01. The number of benzene rings is 2. The highest BCUT2D eigenvalue weighted by Gasteiger charge is 2.07. The van der Waals surface area contributed by atoms with E-state index in [9.17, 15) is 8.78 Å². The molecular formula is C14H10F2N2S. The lowest BCUT2D eigenvalue weighted by Gasteiger charge is -2.05. The Hall–Kier alpha value is -2.01. The number of hydrogen-bond acceptors (Lipinski definition) is 1. The number of hydrogen-bond donors (Lipinski definition) is 1. The minimum absolute atomic E-state index is 0.403. The van der Waals surface area contributed by atoms with Crippen LogP contribution in [0.1, 0.15) is 5.56 Å². The molecule has 0 aliphatic heterocycles. The van der Waals surface area contributed by atoms with Gasteiger partial charge in [-0.05, 0) is 42.0 Å². The van der Waals surface area contributed by atoms with E-state index in [1.165, 1.54) is 6.07 Å². The van der Waals surface area contributed by atoms with E-state index in [4.69, 9.17) is 12.2 Å². The maximum Gasteiger partial charge on any atom is 0.178 e. The van der Waals surface area contributed by atoms with Gasteiger partial charge in [0.1, 0.15) is 0 Å². The van der Waals surface area contributed by atoms with Gasteiger partial charge >= 0.3 is 0 Å². The molecule has 1 aromatic heterocycles. The summed E-state index contributed by atoms with van der Waals surface area (Å²) in [6, 6.07) is 11.6. The zero-order chi connectivity index (χ0) is 13.4. The fraction of sp³-hybridized carbons (Fsp3) is 0.0714. The van der Waals surface area contributed by atoms with E-state index >= 15 is 0 Å². The van der Waals surface area contributed by atoms with Crippen molar-refractivity contribution in [1.29, 1.82) is 0 Å². The molecule has 1 heterocycles. The summed E-state index contributed by atoms with van der Waals surface area (Å²) in [4.78, 5) is 3.08. The Bertz CT molecular complexity index is 805. The van der Waals surface area contributed by atoms with Crippen LogP contribution in [0.2, 0.25) is 0 Å². The van der Waals surface area contributed by atoms with Crippen LogP contribution in [-0.4, -0.2) is 9.55 Å². The Morgan fingerprint density at radius 1 is 1.05 bits per heavy atom. The molecule has 0 atom stereocenters. The summed E-state index contributed by atoms with van der Waals surface area (Å²) in [5.74, 6) is -1.69. The number of rotatable bonds is 2. The van der Waals surface area contributed by atoms with Crippen molar-refractivity contribution < 1.29 is 8.78 Å². The Morgan fingerprint density at radius 3 is 2.63 bits per heavy atom. The number of H-pyrrole nitrogens is 1. The lowest BCUT2D eigenvalue weighted by atomic mass is 10.2. The third-order valence-corrected chi connectivity index (χ3v) is 3.33. The zero-order valence-corrected chi connectivity index (χ0v) is 10.7. The number of fused-ring (bicyclic) bond motifs is 1. The summed E-state index contributed by atoms with van der Waals surface area (Å²) in [6.45, 7) is 0.403. The molecule has 0 amide bonds. The standard InChI is InChI=1S/C14H10F2N2S/c15-10-6-5-9(7-11(10)16)8-18-13-4-2-1-3-12(13)17-14(18)19/h1-7H,8H2,(H,17,19). The molecule has 0 spiro atoms. The van der Waals surface area contributed by atoms with Gasteiger partial charge in [0.2, 0.25) is 0 Å². The fourth-order valence-corrected chi connectivity index (χ4v) is 2.36. The van der Waals surface area contributed by atoms with Gasteiger partial charge in [-0.1, -0.05) is 18.2 Å². The molecule has 2 aromatic carbocycles. The van der Waals surface area contributed by atoms with Gasteiger partial charge in [-0.15, -0.1) is 0 Å². The average molecular weight is 276 g/mol. The molecule has 0 unspecified atom stereocenters. The molecule has 3 rings (SSSR count). The largest absolute Gasteiger partial charge is 0.331 e. The first-order valence-electron chi connectivity index (χ1n) is 5.76. The van der Waals surface area contributed by atoms with Gasteiger partial charge in [0.25, 0.3) is 0 Å². The van der Waals surface area contributed by atoms with E-state index in [2.05, 4.69) is 4.98 Å². The zero-order valence-electron chi connectivity index (χ0n) is 9.86. The van der Waals surface area contributed by atoms with Crippen LogP contribution in [0.4, 0.5) is 8.78 Å². The molecule has 0 aliphatic rings. The van der Waals surface area contributed by atoms with Crippen molar-refractivity contribution in [2.75, 3.05) is 0 Å². The van der Waals surface area contributed by atoms with Crippen LogP contribution >= 0.6 is 12.2 Å². The molecule has 19 heavy (non-hydrogen) atoms. The highest BCUT2D eigenvalue weighted by atomic mass is 32.1. The van der Waals surface area contributed by atoms with Crippen LogP contribution < -0.4 is 0 Å². The van der Waals surface area contributed by atoms with E-state index in [0.29, 0.717) is 16.9 Å². The van der Waals surface area contributed by atoms with E-state index in [1.807, 2.05) is 28.8 Å². The molecule has 2 nitrogen and oxygen atoms in total. The predicted molar refractivity (Wildman–Crippen MR) is 72.6 cm³/mol. The SMILES string of the molecule is Fc1ccc(Cn2c(=S)[nH]c3ccccc32)cc1F. The van der Waals surface area contributed by atoms with Crippen LogP contribution in [0.15, 0.2) is 42.5 Å². The second-order valence-electron chi connectivity index (χ2n) is 4.28. The molecule has 3 aromatic rings. The van der Waals surface area contributed by atoms with E-state index in [1.54, 1.807) is 6.07 Å². The van der Waals surface area contributed by atoms with Gasteiger partial charge in [-0.25, -0.2) is 8.78 Å². The molecule has 0 saturated carbocycles. The van der Waals surface area contributed by atoms with Crippen molar-refractivity contribution in [2.45, 2.75) is 6.54 Å². The first-order valence-corrected chi connectivity index (χ1v) is 6.17. The number of para-hydroxylation sites is 2. The first-order chi connectivity index (χ1) is 9.15. The van der Waals surface area contributed by atoms with Gasteiger partial charge in [0.05, 0.1) is 17.6 Å². The van der Waals surface area contributed by atoms with E-state index < -0.39 is 11.6 Å². The molecule has 96 valence electrons. The van der Waals surface area contributed by atoms with Gasteiger partial charge in [-0.2, -0.15) is 0 Å². The minimum Gasteiger partial charge on any atom is -0.331 e. The van der Waals surface area contributed by atoms with Crippen LogP contribution in [-0.2, 0) is 6.54 Å². The molecular weight excluding hydrogens is 266 g/mol. The van der Waals surface area contributed by atoms with Crippen molar-refractivity contribution >= 4 is 23.3 Å². The lowest BCUT2D eigenvalue weighted by molar-refractivity contribution is 0.506.